The molecule has 0 radical (unpaired) electrons. The lowest BCUT2D eigenvalue weighted by molar-refractivity contribution is 0.500. The van der Waals surface area contributed by atoms with Crippen LogP contribution in [0.15, 0.2) is 40.2 Å². The molecule has 1 unspecified atom stereocenters. The van der Waals surface area contributed by atoms with Gasteiger partial charge >= 0.3 is 0 Å². The average molecular weight is 352 g/mol. The lowest BCUT2D eigenvalue weighted by atomic mass is 10.00. The normalized spacial score (nSPS) is 12.6. The van der Waals surface area contributed by atoms with E-state index in [1.807, 2.05) is 11.3 Å². The first-order valence-corrected chi connectivity index (χ1v) is 8.89. The Balaban J connectivity index is 2.07. The number of aryl methyl sites for hydroxylation is 2. The maximum Gasteiger partial charge on any atom is 0.0324 e. The summed E-state index contributed by atoms with van der Waals surface area (Å²) in [6.45, 7) is 5.42. The summed E-state index contributed by atoms with van der Waals surface area (Å²) < 4.78 is 1.20. The zero-order chi connectivity index (χ0) is 14.4. The zero-order valence-electron chi connectivity index (χ0n) is 12.2. The molecule has 0 bridgehead atoms. The van der Waals surface area contributed by atoms with Gasteiger partial charge in [-0.25, -0.2) is 0 Å². The Kier molecular flexibility index (Phi) is 6.27. The van der Waals surface area contributed by atoms with E-state index in [0.29, 0.717) is 6.04 Å². The van der Waals surface area contributed by atoms with Crippen LogP contribution in [0, 0.1) is 6.92 Å². The standard InChI is InChI=1S/C17H22BrNS/c1-3-10-19-17(9-8-15-5-4-11-20-15)14-7-6-13(2)16(18)12-14/h4-7,11-12,17,19H,3,8-10H2,1-2H3. The molecule has 2 rings (SSSR count). The SMILES string of the molecule is CCCNC(CCc1cccs1)c1ccc(C)c(Br)c1. The van der Waals surface area contributed by atoms with E-state index < -0.39 is 0 Å². The highest BCUT2D eigenvalue weighted by Gasteiger charge is 2.12. The quantitative estimate of drug-likeness (QED) is 0.694. The molecule has 1 aromatic carbocycles. The van der Waals surface area contributed by atoms with Crippen molar-refractivity contribution >= 4 is 27.3 Å². The summed E-state index contributed by atoms with van der Waals surface area (Å²) in [5.41, 5.74) is 2.67. The van der Waals surface area contributed by atoms with Gasteiger partial charge in [-0.2, -0.15) is 0 Å². The van der Waals surface area contributed by atoms with Crippen molar-refractivity contribution in [3.8, 4) is 0 Å². The second-order valence-corrected chi connectivity index (χ2v) is 7.02. The molecule has 0 aliphatic rings. The second kappa shape index (κ2) is 7.96. The van der Waals surface area contributed by atoms with Crippen LogP contribution in [0.2, 0.25) is 0 Å². The van der Waals surface area contributed by atoms with E-state index in [1.54, 1.807) is 0 Å². The van der Waals surface area contributed by atoms with Crippen LogP contribution in [0.4, 0.5) is 0 Å². The monoisotopic (exact) mass is 351 g/mol. The van der Waals surface area contributed by atoms with Crippen molar-refractivity contribution in [3.63, 3.8) is 0 Å². The van der Waals surface area contributed by atoms with Crippen molar-refractivity contribution in [3.05, 3.63) is 56.2 Å². The summed E-state index contributed by atoms with van der Waals surface area (Å²) in [6, 6.07) is 11.5. The number of hydrogen-bond acceptors (Lipinski definition) is 2. The summed E-state index contributed by atoms with van der Waals surface area (Å²) in [6.07, 6.45) is 3.46. The van der Waals surface area contributed by atoms with E-state index in [9.17, 15) is 0 Å². The molecule has 20 heavy (non-hydrogen) atoms. The molecule has 3 heteroatoms. The Morgan fingerprint density at radius 3 is 2.80 bits per heavy atom. The third kappa shape index (κ3) is 4.44. The number of thiophene rings is 1. The summed E-state index contributed by atoms with van der Waals surface area (Å²) in [5, 5.41) is 5.84. The fourth-order valence-corrected chi connectivity index (χ4v) is 3.39. The van der Waals surface area contributed by atoms with Crippen LogP contribution in [0.5, 0.6) is 0 Å². The van der Waals surface area contributed by atoms with Crippen LogP contribution in [-0.4, -0.2) is 6.54 Å². The van der Waals surface area contributed by atoms with Crippen LogP contribution >= 0.6 is 27.3 Å². The van der Waals surface area contributed by atoms with Gasteiger partial charge in [0.1, 0.15) is 0 Å². The van der Waals surface area contributed by atoms with Crippen LogP contribution in [-0.2, 0) is 6.42 Å². The van der Waals surface area contributed by atoms with Gasteiger partial charge in [0.2, 0.25) is 0 Å². The Morgan fingerprint density at radius 1 is 1.30 bits per heavy atom. The first kappa shape index (κ1) is 15.7. The van der Waals surface area contributed by atoms with Crippen molar-refractivity contribution < 1.29 is 0 Å². The minimum Gasteiger partial charge on any atom is -0.310 e. The molecule has 0 saturated carbocycles. The zero-order valence-corrected chi connectivity index (χ0v) is 14.6. The van der Waals surface area contributed by atoms with E-state index in [2.05, 4.69) is 70.8 Å². The fraction of sp³-hybridized carbons (Fsp3) is 0.412. The molecule has 1 heterocycles. The van der Waals surface area contributed by atoms with Crippen molar-refractivity contribution in [2.75, 3.05) is 6.54 Å². The minimum atomic E-state index is 0.439. The highest BCUT2D eigenvalue weighted by atomic mass is 79.9. The maximum absolute atomic E-state index is 3.68. The van der Waals surface area contributed by atoms with E-state index in [0.717, 1.165) is 19.4 Å². The third-order valence-corrected chi connectivity index (χ3v) is 5.29. The molecule has 1 nitrogen and oxygen atoms in total. The summed E-state index contributed by atoms with van der Waals surface area (Å²) >= 11 is 5.50. The maximum atomic E-state index is 3.68. The molecule has 0 amide bonds. The number of rotatable bonds is 7. The van der Waals surface area contributed by atoms with Gasteiger partial charge in [-0.05, 0) is 61.4 Å². The van der Waals surface area contributed by atoms with Gasteiger partial charge in [0.15, 0.2) is 0 Å². The molecule has 2 aromatic rings. The molecule has 1 N–H and O–H groups in total. The molecule has 1 aromatic heterocycles. The molecule has 1 atom stereocenters. The van der Waals surface area contributed by atoms with Crippen LogP contribution < -0.4 is 5.32 Å². The van der Waals surface area contributed by atoms with Gasteiger partial charge in [-0.15, -0.1) is 11.3 Å². The van der Waals surface area contributed by atoms with Gasteiger partial charge in [0.25, 0.3) is 0 Å². The Hall–Kier alpha value is -0.640. The first-order valence-electron chi connectivity index (χ1n) is 7.22. The predicted octanol–water partition coefficient (Wildman–Crippen LogP) is 5.49. The largest absolute Gasteiger partial charge is 0.310 e. The molecule has 0 fully saturated rings. The number of nitrogens with one attached hydrogen (secondary N) is 1. The molecular formula is C17H22BrNS. The second-order valence-electron chi connectivity index (χ2n) is 5.13. The molecule has 108 valence electrons. The molecule has 0 saturated heterocycles. The smallest absolute Gasteiger partial charge is 0.0324 e. The Labute approximate surface area is 134 Å². The van der Waals surface area contributed by atoms with Crippen molar-refractivity contribution in [1.82, 2.24) is 5.32 Å². The van der Waals surface area contributed by atoms with Crippen molar-refractivity contribution in [2.24, 2.45) is 0 Å². The molecule has 0 spiro atoms. The topological polar surface area (TPSA) is 12.0 Å². The Morgan fingerprint density at radius 2 is 2.15 bits per heavy atom. The molecular weight excluding hydrogens is 330 g/mol. The van der Waals surface area contributed by atoms with E-state index in [4.69, 9.17) is 0 Å². The van der Waals surface area contributed by atoms with Gasteiger partial charge < -0.3 is 5.32 Å². The summed E-state index contributed by atoms with van der Waals surface area (Å²) in [5.74, 6) is 0. The van der Waals surface area contributed by atoms with Crippen molar-refractivity contribution in [1.29, 1.82) is 0 Å². The lowest BCUT2D eigenvalue weighted by Crippen LogP contribution is -2.22. The Bertz CT molecular complexity index is 522. The van der Waals surface area contributed by atoms with Gasteiger partial charge in [0, 0.05) is 15.4 Å². The summed E-state index contributed by atoms with van der Waals surface area (Å²) in [7, 11) is 0. The highest BCUT2D eigenvalue weighted by Crippen LogP contribution is 2.25. The average Bonchev–Trinajstić information content (AvgIpc) is 2.95. The van der Waals surface area contributed by atoms with Crippen LogP contribution in [0.1, 0.15) is 41.8 Å². The summed E-state index contributed by atoms with van der Waals surface area (Å²) in [4.78, 5) is 1.47. The molecule has 0 aliphatic heterocycles. The minimum absolute atomic E-state index is 0.439. The van der Waals surface area contributed by atoms with Gasteiger partial charge in [-0.1, -0.05) is 41.1 Å². The van der Waals surface area contributed by atoms with Crippen LogP contribution in [0.3, 0.4) is 0 Å². The number of halogens is 1. The van der Waals surface area contributed by atoms with Crippen LogP contribution in [0.25, 0.3) is 0 Å². The highest BCUT2D eigenvalue weighted by molar-refractivity contribution is 9.10. The van der Waals surface area contributed by atoms with Gasteiger partial charge in [0.05, 0.1) is 0 Å². The number of benzene rings is 1. The van der Waals surface area contributed by atoms with Gasteiger partial charge in [-0.3, -0.25) is 0 Å². The predicted molar refractivity (Wildman–Crippen MR) is 92.6 cm³/mol. The molecule has 0 aliphatic carbocycles. The lowest BCUT2D eigenvalue weighted by Gasteiger charge is -2.19. The van der Waals surface area contributed by atoms with E-state index in [1.165, 1.54) is 26.9 Å². The number of hydrogen-bond donors (Lipinski definition) is 1. The fourth-order valence-electron chi connectivity index (χ4n) is 2.27. The van der Waals surface area contributed by atoms with E-state index >= 15 is 0 Å². The van der Waals surface area contributed by atoms with Crippen molar-refractivity contribution in [2.45, 2.75) is 39.2 Å². The third-order valence-electron chi connectivity index (χ3n) is 3.50. The van der Waals surface area contributed by atoms with E-state index in [-0.39, 0.29) is 0 Å². The first-order chi connectivity index (χ1) is 9.70.